The van der Waals surface area contributed by atoms with E-state index in [4.69, 9.17) is 14.2 Å². The molecule has 0 spiro atoms. The van der Waals surface area contributed by atoms with Crippen LogP contribution in [0, 0.1) is 6.92 Å². The molecule has 1 saturated heterocycles. The van der Waals surface area contributed by atoms with Crippen molar-refractivity contribution in [3.63, 3.8) is 0 Å². The third-order valence-corrected chi connectivity index (χ3v) is 7.32. The van der Waals surface area contributed by atoms with Gasteiger partial charge >= 0.3 is 17.8 Å². The zero-order chi connectivity index (χ0) is 29.7. The van der Waals surface area contributed by atoms with Crippen LogP contribution in [0.25, 0.3) is 5.76 Å². The molecule has 1 unspecified atom stereocenters. The zero-order valence-corrected chi connectivity index (χ0v) is 23.5. The third-order valence-electron chi connectivity index (χ3n) is 6.18. The lowest BCUT2D eigenvalue weighted by molar-refractivity contribution is -0.132. The van der Waals surface area contributed by atoms with Crippen LogP contribution in [0.3, 0.4) is 0 Å². The zero-order valence-electron chi connectivity index (χ0n) is 22.7. The number of nitrogens with zero attached hydrogens (tertiary/aromatic N) is 2. The lowest BCUT2D eigenvalue weighted by Gasteiger charge is -2.23. The summed E-state index contributed by atoms with van der Waals surface area (Å²) < 4.78 is 15.6. The summed E-state index contributed by atoms with van der Waals surface area (Å²) in [5.74, 6) is -3.01. The Balaban J connectivity index is 1.87. The van der Waals surface area contributed by atoms with Gasteiger partial charge in [-0.1, -0.05) is 55.2 Å². The van der Waals surface area contributed by atoms with E-state index in [0.29, 0.717) is 23.6 Å². The Morgan fingerprint density at radius 1 is 1.12 bits per heavy atom. The summed E-state index contributed by atoms with van der Waals surface area (Å²) in [6.07, 6.45) is 2.20. The number of aryl methyl sites for hydroxylation is 1. The van der Waals surface area contributed by atoms with Crippen LogP contribution in [-0.2, 0) is 19.1 Å². The van der Waals surface area contributed by atoms with E-state index >= 15 is 0 Å². The van der Waals surface area contributed by atoms with Crippen molar-refractivity contribution in [1.29, 1.82) is 0 Å². The Bertz CT molecular complexity index is 1540. The van der Waals surface area contributed by atoms with Gasteiger partial charge in [0, 0.05) is 5.56 Å². The van der Waals surface area contributed by atoms with Crippen LogP contribution in [0.1, 0.15) is 56.2 Å². The molecule has 1 atom stereocenters. The van der Waals surface area contributed by atoms with Crippen LogP contribution >= 0.6 is 11.3 Å². The number of aliphatic hydroxyl groups is 1. The molecule has 1 aliphatic rings. The molecule has 0 radical (unpaired) electrons. The fraction of sp³-hybridized carbons (Fsp3) is 0.233. The lowest BCUT2D eigenvalue weighted by Crippen LogP contribution is -2.29. The van der Waals surface area contributed by atoms with E-state index in [1.165, 1.54) is 25.3 Å². The minimum Gasteiger partial charge on any atom is -0.507 e. The highest BCUT2D eigenvalue weighted by atomic mass is 32.1. The summed E-state index contributed by atoms with van der Waals surface area (Å²) in [4.78, 5) is 57.3. The number of thiazole rings is 1. The van der Waals surface area contributed by atoms with E-state index in [-0.39, 0.29) is 33.3 Å². The maximum atomic E-state index is 13.5. The van der Waals surface area contributed by atoms with Crippen molar-refractivity contribution in [1.82, 2.24) is 4.98 Å². The van der Waals surface area contributed by atoms with Gasteiger partial charge in [0.25, 0.3) is 5.78 Å². The van der Waals surface area contributed by atoms with Gasteiger partial charge in [-0.25, -0.2) is 14.6 Å². The molecule has 0 aliphatic carbocycles. The molecule has 1 aliphatic heterocycles. The van der Waals surface area contributed by atoms with Gasteiger partial charge in [-0.2, -0.15) is 0 Å². The molecule has 4 rings (SSSR count). The quantitative estimate of drug-likeness (QED) is 0.116. The molecule has 0 bridgehead atoms. The Hall–Kier alpha value is -4.77. The van der Waals surface area contributed by atoms with Crippen LogP contribution in [-0.4, -0.2) is 54.0 Å². The van der Waals surface area contributed by atoms with Crippen molar-refractivity contribution in [3.05, 3.63) is 94.0 Å². The first-order valence-corrected chi connectivity index (χ1v) is 13.5. The van der Waals surface area contributed by atoms with Gasteiger partial charge in [0.15, 0.2) is 5.13 Å². The lowest BCUT2D eigenvalue weighted by atomic mass is 9.94. The highest BCUT2D eigenvalue weighted by Gasteiger charge is 2.48. The van der Waals surface area contributed by atoms with Crippen LogP contribution < -0.4 is 9.64 Å². The molecule has 11 heteroatoms. The predicted octanol–water partition coefficient (Wildman–Crippen LogP) is 5.00. The molecule has 10 nitrogen and oxygen atoms in total. The monoisotopic (exact) mass is 576 g/mol. The van der Waals surface area contributed by atoms with Crippen molar-refractivity contribution in [2.45, 2.75) is 26.3 Å². The Morgan fingerprint density at radius 3 is 2.51 bits per heavy atom. The number of ketones is 1. The summed E-state index contributed by atoms with van der Waals surface area (Å²) >= 11 is 0.887. The number of esters is 2. The van der Waals surface area contributed by atoms with Crippen LogP contribution in [0.15, 0.2) is 66.8 Å². The molecule has 2 heterocycles. The summed E-state index contributed by atoms with van der Waals surface area (Å²) in [7, 11) is 1.26. The molecular formula is C30H28N2O8S. The van der Waals surface area contributed by atoms with E-state index in [2.05, 4.69) is 11.6 Å². The molecule has 1 fully saturated rings. The van der Waals surface area contributed by atoms with Gasteiger partial charge in [0.05, 0.1) is 36.6 Å². The largest absolute Gasteiger partial charge is 0.507 e. The first-order chi connectivity index (χ1) is 19.7. The number of carbonyl (C=O) groups is 4. The van der Waals surface area contributed by atoms with Crippen molar-refractivity contribution in [2.75, 3.05) is 25.2 Å². The number of benzene rings is 2. The maximum Gasteiger partial charge on any atom is 0.350 e. The number of carbonyl (C=O) groups excluding carboxylic acids is 4. The fourth-order valence-corrected chi connectivity index (χ4v) is 5.24. The smallest absolute Gasteiger partial charge is 0.350 e. The maximum absolute atomic E-state index is 13.5. The number of rotatable bonds is 10. The van der Waals surface area contributed by atoms with Gasteiger partial charge in [0.2, 0.25) is 0 Å². The summed E-state index contributed by atoms with van der Waals surface area (Å²) in [5.41, 5.74) is 1.07. The Kier molecular flexibility index (Phi) is 8.98. The van der Waals surface area contributed by atoms with Crippen molar-refractivity contribution in [3.8, 4) is 5.75 Å². The van der Waals surface area contributed by atoms with E-state index in [1.54, 1.807) is 43.3 Å². The standard InChI is InChI=1S/C30H28N2O8S/c1-5-14-39-21-9-7-8-20(16-21)24(33)22-23(18-10-12-19(13-11-18)28(36)38-4)32(27(35)25(22)34)30-31-17(3)26(41-30)29(37)40-15-6-2/h6-13,16,23,33H,2,5,14-15H2,1,3-4H3. The normalized spacial score (nSPS) is 16.0. The minimum absolute atomic E-state index is 0.0103. The van der Waals surface area contributed by atoms with E-state index < -0.39 is 35.4 Å². The van der Waals surface area contributed by atoms with Gasteiger partial charge in [-0.05, 0) is 43.2 Å². The fourth-order valence-electron chi connectivity index (χ4n) is 4.25. The summed E-state index contributed by atoms with van der Waals surface area (Å²) in [6.45, 7) is 7.52. The second-order valence-electron chi connectivity index (χ2n) is 8.96. The summed E-state index contributed by atoms with van der Waals surface area (Å²) in [5, 5.41) is 11.5. The molecular weight excluding hydrogens is 548 g/mol. The van der Waals surface area contributed by atoms with Crippen LogP contribution in [0.5, 0.6) is 5.75 Å². The molecule has 1 amide bonds. The molecule has 212 valence electrons. The number of ether oxygens (including phenoxy) is 3. The van der Waals surface area contributed by atoms with Crippen LogP contribution in [0.4, 0.5) is 5.13 Å². The van der Waals surface area contributed by atoms with Crippen molar-refractivity contribution < 1.29 is 38.5 Å². The molecule has 3 aromatic rings. The molecule has 0 saturated carbocycles. The first kappa shape index (κ1) is 29.2. The molecule has 2 aromatic carbocycles. The average Bonchev–Trinajstić information content (AvgIpc) is 3.50. The molecule has 1 N–H and O–H groups in total. The number of aromatic nitrogens is 1. The Labute approximate surface area is 240 Å². The predicted molar refractivity (Wildman–Crippen MR) is 152 cm³/mol. The number of Topliss-reactive ketones (excluding diaryl/α,β-unsaturated/α-hetero) is 1. The van der Waals surface area contributed by atoms with Gasteiger partial charge in [-0.3, -0.25) is 14.5 Å². The van der Waals surface area contributed by atoms with Crippen LogP contribution in [0.2, 0.25) is 0 Å². The highest BCUT2D eigenvalue weighted by Crippen LogP contribution is 2.44. The number of hydrogen-bond acceptors (Lipinski definition) is 10. The SMILES string of the molecule is C=CCOC(=O)c1sc(N2C(=O)C(=O)C(=C(O)c3cccc(OCCC)c3)C2c2ccc(C(=O)OC)cc2)nc1C. The van der Waals surface area contributed by atoms with Crippen molar-refractivity contribution >= 4 is 45.9 Å². The number of anilines is 1. The van der Waals surface area contributed by atoms with Gasteiger partial charge in [-0.15, -0.1) is 0 Å². The Morgan fingerprint density at radius 2 is 1.85 bits per heavy atom. The highest BCUT2D eigenvalue weighted by molar-refractivity contribution is 7.17. The second kappa shape index (κ2) is 12.6. The number of methoxy groups -OCH3 is 1. The van der Waals surface area contributed by atoms with E-state index in [1.807, 2.05) is 6.92 Å². The van der Waals surface area contributed by atoms with Gasteiger partial charge < -0.3 is 19.3 Å². The summed E-state index contributed by atoms with van der Waals surface area (Å²) in [6, 6.07) is 11.5. The minimum atomic E-state index is -1.12. The molecule has 1 aromatic heterocycles. The average molecular weight is 577 g/mol. The first-order valence-electron chi connectivity index (χ1n) is 12.7. The number of hydrogen-bond donors (Lipinski definition) is 1. The molecule has 41 heavy (non-hydrogen) atoms. The third kappa shape index (κ3) is 5.90. The van der Waals surface area contributed by atoms with E-state index in [9.17, 15) is 24.3 Å². The number of aliphatic hydroxyl groups excluding tert-OH is 1. The second-order valence-corrected chi connectivity index (χ2v) is 9.93. The number of amides is 1. The van der Waals surface area contributed by atoms with E-state index in [0.717, 1.165) is 22.7 Å². The van der Waals surface area contributed by atoms with Gasteiger partial charge in [0.1, 0.15) is 23.0 Å². The van der Waals surface area contributed by atoms with Crippen molar-refractivity contribution in [2.24, 2.45) is 0 Å². The topological polar surface area (TPSA) is 132 Å².